The van der Waals surface area contributed by atoms with Gasteiger partial charge in [0.05, 0.1) is 5.56 Å². The van der Waals surface area contributed by atoms with Crippen molar-refractivity contribution in [2.45, 2.75) is 0 Å². The largest absolute Gasteiger partial charge is 0.423 e. The van der Waals surface area contributed by atoms with Gasteiger partial charge < -0.3 is 4.74 Å². The minimum atomic E-state index is -0.580. The number of halogens is 2. The molecule has 0 N–H and O–H groups in total. The molecule has 2 nitrogen and oxygen atoms in total. The van der Waals surface area contributed by atoms with Crippen LogP contribution in [-0.4, -0.2) is 5.97 Å². The topological polar surface area (TPSA) is 26.3 Å². The van der Waals surface area contributed by atoms with Crippen LogP contribution in [0.2, 0.25) is 0 Å². The van der Waals surface area contributed by atoms with Gasteiger partial charge in [-0.25, -0.2) is 9.18 Å². The quantitative estimate of drug-likeness (QED) is 0.485. The van der Waals surface area contributed by atoms with Crippen LogP contribution in [0.4, 0.5) is 4.39 Å². The van der Waals surface area contributed by atoms with Gasteiger partial charge in [0.1, 0.15) is 11.6 Å². The number of carbonyl (C=O) groups is 1. The van der Waals surface area contributed by atoms with Crippen molar-refractivity contribution in [1.82, 2.24) is 0 Å². The fourth-order valence-electron chi connectivity index (χ4n) is 2.07. The van der Waals surface area contributed by atoms with E-state index in [1.165, 1.54) is 18.2 Å². The first-order chi connectivity index (χ1) is 10.1. The van der Waals surface area contributed by atoms with Crippen LogP contribution >= 0.6 is 15.9 Å². The molecule has 0 radical (unpaired) electrons. The number of hydrogen-bond donors (Lipinski definition) is 0. The number of fused-ring (bicyclic) bond motifs is 1. The Balaban J connectivity index is 1.90. The molecule has 0 unspecified atom stereocenters. The zero-order valence-corrected chi connectivity index (χ0v) is 12.4. The predicted octanol–water partition coefficient (Wildman–Crippen LogP) is 4.96. The first kappa shape index (κ1) is 13.8. The van der Waals surface area contributed by atoms with Crippen molar-refractivity contribution in [2.24, 2.45) is 0 Å². The summed E-state index contributed by atoms with van der Waals surface area (Å²) in [5.41, 5.74) is 0.185. The minimum absolute atomic E-state index is 0.185. The van der Waals surface area contributed by atoms with Gasteiger partial charge in [0.2, 0.25) is 0 Å². The number of benzene rings is 3. The molecule has 0 atom stereocenters. The molecule has 0 aromatic heterocycles. The van der Waals surface area contributed by atoms with Crippen molar-refractivity contribution in [3.63, 3.8) is 0 Å². The minimum Gasteiger partial charge on any atom is -0.423 e. The van der Waals surface area contributed by atoms with Gasteiger partial charge in [-0.15, -0.1) is 0 Å². The molecule has 104 valence electrons. The second kappa shape index (κ2) is 5.66. The van der Waals surface area contributed by atoms with Crippen molar-refractivity contribution < 1.29 is 13.9 Å². The van der Waals surface area contributed by atoms with E-state index in [0.717, 1.165) is 21.3 Å². The van der Waals surface area contributed by atoms with Crippen LogP contribution < -0.4 is 4.74 Å². The molecule has 0 spiro atoms. The van der Waals surface area contributed by atoms with Gasteiger partial charge >= 0.3 is 5.97 Å². The summed E-state index contributed by atoms with van der Waals surface area (Å²) in [4.78, 5) is 12.0. The maximum absolute atomic E-state index is 13.1. The van der Waals surface area contributed by atoms with Gasteiger partial charge in [0.25, 0.3) is 0 Å². The number of hydrogen-bond acceptors (Lipinski definition) is 2. The Morgan fingerprint density at radius 2 is 1.81 bits per heavy atom. The molecule has 3 aromatic carbocycles. The van der Waals surface area contributed by atoms with Crippen molar-refractivity contribution in [2.75, 3.05) is 0 Å². The number of rotatable bonds is 2. The Kier molecular flexibility index (Phi) is 3.71. The molecule has 4 heteroatoms. The van der Waals surface area contributed by atoms with Gasteiger partial charge in [-0.05, 0) is 53.2 Å². The van der Waals surface area contributed by atoms with E-state index >= 15 is 0 Å². The van der Waals surface area contributed by atoms with Crippen molar-refractivity contribution >= 4 is 32.7 Å². The van der Waals surface area contributed by atoms with Crippen LogP contribution in [0.15, 0.2) is 65.1 Å². The van der Waals surface area contributed by atoms with Gasteiger partial charge in [-0.3, -0.25) is 0 Å². The maximum Gasteiger partial charge on any atom is 0.343 e. The fourth-order valence-corrected chi connectivity index (χ4v) is 2.58. The summed E-state index contributed by atoms with van der Waals surface area (Å²) < 4.78 is 19.4. The highest BCUT2D eigenvalue weighted by Crippen LogP contribution is 2.27. The van der Waals surface area contributed by atoms with E-state index in [2.05, 4.69) is 15.9 Å². The van der Waals surface area contributed by atoms with E-state index in [1.807, 2.05) is 24.3 Å². The average Bonchev–Trinajstić information content (AvgIpc) is 2.47. The third kappa shape index (κ3) is 2.95. The average molecular weight is 345 g/mol. The van der Waals surface area contributed by atoms with Crippen molar-refractivity contribution in [1.29, 1.82) is 0 Å². The Labute approximate surface area is 129 Å². The highest BCUT2D eigenvalue weighted by Gasteiger charge is 2.10. The lowest BCUT2D eigenvalue weighted by molar-refractivity contribution is 0.0734. The van der Waals surface area contributed by atoms with E-state index < -0.39 is 11.8 Å². The third-order valence-electron chi connectivity index (χ3n) is 3.07. The highest BCUT2D eigenvalue weighted by atomic mass is 79.9. The molecular weight excluding hydrogens is 335 g/mol. The van der Waals surface area contributed by atoms with Gasteiger partial charge in [-0.2, -0.15) is 0 Å². The fraction of sp³-hybridized carbons (Fsp3) is 0. The molecule has 0 heterocycles. The molecule has 3 rings (SSSR count). The first-order valence-electron chi connectivity index (χ1n) is 6.29. The summed E-state index contributed by atoms with van der Waals surface area (Å²) >= 11 is 3.47. The molecule has 21 heavy (non-hydrogen) atoms. The van der Waals surface area contributed by atoms with E-state index in [1.54, 1.807) is 12.1 Å². The maximum atomic E-state index is 13.1. The molecule has 0 aliphatic heterocycles. The third-order valence-corrected chi connectivity index (χ3v) is 3.76. The Morgan fingerprint density at radius 1 is 1.00 bits per heavy atom. The van der Waals surface area contributed by atoms with Crippen LogP contribution in [0.3, 0.4) is 0 Å². The van der Waals surface area contributed by atoms with Crippen molar-refractivity contribution in [3.8, 4) is 5.75 Å². The molecule has 0 bridgehead atoms. The molecule has 0 aliphatic carbocycles. The van der Waals surface area contributed by atoms with Crippen molar-refractivity contribution in [3.05, 3.63) is 76.5 Å². The second-order valence-corrected chi connectivity index (χ2v) is 5.38. The molecule has 0 aliphatic rings. The zero-order valence-electron chi connectivity index (χ0n) is 10.8. The normalized spacial score (nSPS) is 10.6. The van der Waals surface area contributed by atoms with E-state index in [-0.39, 0.29) is 5.56 Å². The lowest BCUT2D eigenvalue weighted by Crippen LogP contribution is -2.08. The van der Waals surface area contributed by atoms with Gasteiger partial charge in [0.15, 0.2) is 0 Å². The SMILES string of the molecule is O=C(Oc1ccc2c(Br)cccc2c1)c1cccc(F)c1. The Hall–Kier alpha value is -2.20. The van der Waals surface area contributed by atoms with Crippen LogP contribution in [-0.2, 0) is 0 Å². The molecule has 0 saturated carbocycles. The second-order valence-electron chi connectivity index (χ2n) is 4.52. The molecule has 0 saturated heterocycles. The predicted molar refractivity (Wildman–Crippen MR) is 83.0 cm³/mol. The van der Waals surface area contributed by atoms with E-state index in [9.17, 15) is 9.18 Å². The monoisotopic (exact) mass is 344 g/mol. The lowest BCUT2D eigenvalue weighted by atomic mass is 10.1. The lowest BCUT2D eigenvalue weighted by Gasteiger charge is -2.06. The van der Waals surface area contributed by atoms with Crippen LogP contribution in [0.25, 0.3) is 10.8 Å². The standard InChI is InChI=1S/C17H10BrFO2/c18-16-6-2-3-11-10-14(7-8-15(11)16)21-17(20)12-4-1-5-13(19)9-12/h1-10H. The summed E-state index contributed by atoms with van der Waals surface area (Å²) in [5, 5.41) is 1.98. The Bertz CT molecular complexity index is 830. The van der Waals surface area contributed by atoms with E-state index in [4.69, 9.17) is 4.74 Å². The van der Waals surface area contributed by atoms with Crippen LogP contribution in [0.1, 0.15) is 10.4 Å². The number of ether oxygens (including phenoxy) is 1. The van der Waals surface area contributed by atoms with Crippen LogP contribution in [0.5, 0.6) is 5.75 Å². The zero-order chi connectivity index (χ0) is 14.8. The first-order valence-corrected chi connectivity index (χ1v) is 7.09. The molecular formula is C17H10BrFO2. The highest BCUT2D eigenvalue weighted by molar-refractivity contribution is 9.10. The van der Waals surface area contributed by atoms with E-state index in [0.29, 0.717) is 5.75 Å². The summed E-state index contributed by atoms with van der Waals surface area (Å²) in [6.07, 6.45) is 0. The van der Waals surface area contributed by atoms with Crippen LogP contribution in [0, 0.1) is 5.82 Å². The van der Waals surface area contributed by atoms with Gasteiger partial charge in [-0.1, -0.05) is 34.1 Å². The smallest absolute Gasteiger partial charge is 0.343 e. The number of carbonyl (C=O) groups excluding carboxylic acids is 1. The molecule has 3 aromatic rings. The molecule has 0 amide bonds. The summed E-state index contributed by atoms with van der Waals surface area (Å²) in [6.45, 7) is 0. The molecule has 0 fully saturated rings. The Morgan fingerprint density at radius 3 is 2.62 bits per heavy atom. The van der Waals surface area contributed by atoms with Gasteiger partial charge in [0, 0.05) is 4.47 Å². The summed E-state index contributed by atoms with van der Waals surface area (Å²) in [6, 6.07) is 16.6. The summed E-state index contributed by atoms with van der Waals surface area (Å²) in [7, 11) is 0. The summed E-state index contributed by atoms with van der Waals surface area (Å²) in [5.74, 6) is -0.620. The number of esters is 1.